The van der Waals surface area contributed by atoms with Gasteiger partial charge in [0.2, 0.25) is 0 Å². The van der Waals surface area contributed by atoms with Crippen molar-refractivity contribution >= 4 is 11.7 Å². The van der Waals surface area contributed by atoms with Crippen molar-refractivity contribution in [2.75, 3.05) is 11.4 Å². The zero-order chi connectivity index (χ0) is 23.3. The van der Waals surface area contributed by atoms with E-state index in [1.54, 1.807) is 13.0 Å². The first-order chi connectivity index (χ1) is 15.4. The molecule has 7 nitrogen and oxygen atoms in total. The molecule has 0 aliphatic rings. The average Bonchev–Trinajstić information content (AvgIpc) is 3.14. The van der Waals surface area contributed by atoms with E-state index in [4.69, 9.17) is 0 Å². The normalized spacial score (nSPS) is 10.5. The lowest BCUT2D eigenvalue weighted by molar-refractivity contribution is 0.244. The first-order valence-corrected chi connectivity index (χ1v) is 9.98. The Bertz CT molecular complexity index is 1240. The molecule has 3 rings (SSSR count). The van der Waals surface area contributed by atoms with Gasteiger partial charge in [0.25, 0.3) is 0 Å². The molecular weight excluding hydrogens is 423 g/mol. The van der Waals surface area contributed by atoms with E-state index in [2.05, 4.69) is 22.3 Å². The maximum absolute atomic E-state index is 14.7. The van der Waals surface area contributed by atoms with Crippen LogP contribution in [-0.4, -0.2) is 32.4 Å². The van der Waals surface area contributed by atoms with E-state index in [1.165, 1.54) is 12.1 Å². The minimum Gasteiger partial charge on any atom is -0.290 e. The Hall–Kier alpha value is -3.87. The zero-order valence-corrected chi connectivity index (χ0v) is 17.5. The quantitative estimate of drug-likeness (QED) is 0.341. The highest BCUT2D eigenvalue weighted by atomic mass is 19.1. The van der Waals surface area contributed by atoms with E-state index < -0.39 is 34.9 Å². The third kappa shape index (κ3) is 4.56. The molecule has 0 spiro atoms. The maximum Gasteiger partial charge on any atom is 0.377 e. The minimum atomic E-state index is -1.20. The van der Waals surface area contributed by atoms with Gasteiger partial charge >= 0.3 is 11.7 Å². The summed E-state index contributed by atoms with van der Waals surface area (Å²) >= 11 is 0. The van der Waals surface area contributed by atoms with E-state index in [0.29, 0.717) is 21.3 Å². The number of benzene rings is 2. The fourth-order valence-electron chi connectivity index (χ4n) is 2.95. The van der Waals surface area contributed by atoms with Crippen molar-refractivity contribution in [2.45, 2.75) is 33.1 Å². The van der Waals surface area contributed by atoms with Gasteiger partial charge in [-0.05, 0) is 54.1 Å². The van der Waals surface area contributed by atoms with Crippen LogP contribution in [0.25, 0.3) is 5.69 Å². The monoisotopic (exact) mass is 443 g/mol. The summed E-state index contributed by atoms with van der Waals surface area (Å²) in [5.74, 6) is 2.98. The van der Waals surface area contributed by atoms with E-state index >= 15 is 0 Å². The second kappa shape index (κ2) is 9.96. The topological polar surface area (TPSA) is 73.0 Å². The summed E-state index contributed by atoms with van der Waals surface area (Å²) in [7, 11) is 0. The molecule has 166 valence electrons. The van der Waals surface area contributed by atoms with Gasteiger partial charge in [0.15, 0.2) is 11.6 Å². The van der Waals surface area contributed by atoms with Crippen molar-refractivity contribution in [2.24, 2.45) is 0 Å². The highest BCUT2D eigenvalue weighted by molar-refractivity contribution is 5.93. The molecule has 0 fully saturated rings. The molecule has 0 saturated heterocycles. The number of aromatic nitrogens is 4. The van der Waals surface area contributed by atoms with E-state index in [-0.39, 0.29) is 12.2 Å². The van der Waals surface area contributed by atoms with Crippen LogP contribution in [0.3, 0.4) is 0 Å². The number of para-hydroxylation sites is 1. The highest BCUT2D eigenvalue weighted by Crippen LogP contribution is 2.21. The first-order valence-electron chi connectivity index (χ1n) is 9.98. The van der Waals surface area contributed by atoms with Crippen LogP contribution in [0, 0.1) is 29.3 Å². The number of nitrogens with zero attached hydrogens (tertiary/aromatic N) is 5. The van der Waals surface area contributed by atoms with Crippen LogP contribution < -0.4 is 10.6 Å². The number of amides is 1. The third-order valence-corrected chi connectivity index (χ3v) is 4.59. The molecule has 0 aliphatic heterocycles. The van der Waals surface area contributed by atoms with Crippen LogP contribution in [0.1, 0.15) is 38.7 Å². The summed E-state index contributed by atoms with van der Waals surface area (Å²) in [6, 6.07) is 6.08. The molecule has 10 heteroatoms. The molecule has 1 heterocycles. The van der Waals surface area contributed by atoms with Crippen molar-refractivity contribution < 1.29 is 18.0 Å². The number of hydrogen-bond donors (Lipinski definition) is 0. The summed E-state index contributed by atoms with van der Waals surface area (Å²) in [5, 5.41) is 6.82. The van der Waals surface area contributed by atoms with Crippen LogP contribution in [0.2, 0.25) is 0 Å². The average molecular weight is 443 g/mol. The van der Waals surface area contributed by atoms with E-state index in [0.717, 1.165) is 35.9 Å². The molecule has 0 radical (unpaired) electrons. The van der Waals surface area contributed by atoms with Gasteiger partial charge < -0.3 is 0 Å². The lowest BCUT2D eigenvalue weighted by Crippen LogP contribution is -2.41. The van der Waals surface area contributed by atoms with Gasteiger partial charge in [-0.1, -0.05) is 31.3 Å². The predicted octanol–water partition coefficient (Wildman–Crippen LogP) is 3.88. The third-order valence-electron chi connectivity index (χ3n) is 4.59. The summed E-state index contributed by atoms with van der Waals surface area (Å²) in [6.07, 6.45) is 2.64. The second-order valence-electron chi connectivity index (χ2n) is 6.75. The van der Waals surface area contributed by atoms with Crippen LogP contribution in [-0.2, 0) is 0 Å². The minimum absolute atomic E-state index is 0.00929. The molecule has 1 aromatic heterocycles. The number of hydrogen-bond acceptors (Lipinski definition) is 4. The summed E-state index contributed by atoms with van der Waals surface area (Å²) < 4.78 is 43.4. The molecule has 32 heavy (non-hydrogen) atoms. The zero-order valence-electron chi connectivity index (χ0n) is 17.5. The van der Waals surface area contributed by atoms with Crippen LogP contribution in [0.5, 0.6) is 0 Å². The standard InChI is InChI=1S/C22H20F3N5O2/c1-3-5-6-7-9-15-12-13-19(18(25)14-15)28(4-2)21(31)30-22(32)29(26-27-30)20-16(23)10-8-11-17(20)24/h8,10-14H,3-6H2,1-2H3. The largest absolute Gasteiger partial charge is 0.377 e. The Morgan fingerprint density at radius 3 is 2.41 bits per heavy atom. The molecule has 0 saturated carbocycles. The maximum atomic E-state index is 14.7. The van der Waals surface area contributed by atoms with E-state index in [1.807, 2.05) is 6.92 Å². The van der Waals surface area contributed by atoms with Crippen LogP contribution in [0.15, 0.2) is 41.2 Å². The summed E-state index contributed by atoms with van der Waals surface area (Å²) in [6.45, 7) is 3.61. The molecule has 0 aliphatic carbocycles. The molecule has 0 N–H and O–H groups in total. The lowest BCUT2D eigenvalue weighted by Gasteiger charge is -2.20. The van der Waals surface area contributed by atoms with Gasteiger partial charge in [-0.25, -0.2) is 22.8 Å². The van der Waals surface area contributed by atoms with Crippen LogP contribution in [0.4, 0.5) is 23.7 Å². The molecule has 3 aromatic rings. The van der Waals surface area contributed by atoms with Gasteiger partial charge in [-0.2, -0.15) is 4.68 Å². The van der Waals surface area contributed by atoms with Crippen molar-refractivity contribution in [3.8, 4) is 17.5 Å². The Balaban J connectivity index is 1.93. The lowest BCUT2D eigenvalue weighted by atomic mass is 10.1. The number of unbranched alkanes of at least 4 members (excludes halogenated alkanes) is 2. The fraction of sp³-hybridized carbons (Fsp3) is 0.273. The number of tetrazole rings is 1. The molecule has 0 atom stereocenters. The molecular formula is C22H20F3N5O2. The van der Waals surface area contributed by atoms with Crippen molar-refractivity contribution in [1.82, 2.24) is 19.8 Å². The number of anilines is 1. The Labute approximate surface area is 182 Å². The number of carbonyl (C=O) groups is 1. The smallest absolute Gasteiger partial charge is 0.290 e. The van der Waals surface area contributed by atoms with E-state index in [9.17, 15) is 22.8 Å². The number of carbonyl (C=O) groups excluding carboxylic acids is 1. The first kappa shape index (κ1) is 22.8. The predicted molar refractivity (Wildman–Crippen MR) is 112 cm³/mol. The van der Waals surface area contributed by atoms with Crippen molar-refractivity contribution in [3.63, 3.8) is 0 Å². The van der Waals surface area contributed by atoms with Gasteiger partial charge in [0, 0.05) is 18.5 Å². The molecule has 0 unspecified atom stereocenters. The van der Waals surface area contributed by atoms with Crippen LogP contribution >= 0.6 is 0 Å². The Kier molecular flexibility index (Phi) is 7.10. The number of halogens is 3. The Morgan fingerprint density at radius 2 is 1.78 bits per heavy atom. The van der Waals surface area contributed by atoms with Crippen molar-refractivity contribution in [1.29, 1.82) is 0 Å². The molecule has 1 amide bonds. The van der Waals surface area contributed by atoms with Gasteiger partial charge in [0.1, 0.15) is 11.5 Å². The summed E-state index contributed by atoms with van der Waals surface area (Å²) in [4.78, 5) is 26.4. The van der Waals surface area contributed by atoms with Crippen molar-refractivity contribution in [3.05, 3.63) is 69.9 Å². The highest BCUT2D eigenvalue weighted by Gasteiger charge is 2.25. The van der Waals surface area contributed by atoms with Gasteiger partial charge in [0.05, 0.1) is 5.69 Å². The number of rotatable bonds is 5. The molecule has 0 bridgehead atoms. The van der Waals surface area contributed by atoms with Gasteiger partial charge in [-0.3, -0.25) is 4.90 Å². The molecule has 2 aromatic carbocycles. The second-order valence-corrected chi connectivity index (χ2v) is 6.75. The van der Waals surface area contributed by atoms with Gasteiger partial charge in [-0.15, -0.1) is 4.68 Å². The fourth-order valence-corrected chi connectivity index (χ4v) is 2.95. The SMILES string of the molecule is CCCCC#Cc1ccc(N(CC)C(=O)n2nnn(-c3c(F)cccc3F)c2=O)c(F)c1. The summed E-state index contributed by atoms with van der Waals surface area (Å²) in [5.41, 5.74) is -1.62. The Morgan fingerprint density at radius 1 is 1.06 bits per heavy atom.